The SMILES string of the molecule is Cc1ncc(C2(O)CCC(N3CC[C@@H](NC(=O)CNC(=O)c4cccc(C(F)(F)F)c4)C3)CC2)s1. The highest BCUT2D eigenvalue weighted by molar-refractivity contribution is 7.11. The lowest BCUT2D eigenvalue weighted by molar-refractivity contribution is -0.137. The number of benzene rings is 1. The Balaban J connectivity index is 1.21. The van der Waals surface area contributed by atoms with Gasteiger partial charge in [-0.1, -0.05) is 6.07 Å². The van der Waals surface area contributed by atoms with Crippen LogP contribution in [0.1, 0.15) is 57.9 Å². The molecule has 1 saturated carbocycles. The van der Waals surface area contributed by atoms with Gasteiger partial charge in [0, 0.05) is 36.9 Å². The standard InChI is InChI=1S/C24H29F3N4O3S/c1-15-28-12-20(35-15)23(34)8-5-19(6-9-23)31-10-7-18(14-31)30-21(32)13-29-22(33)16-3-2-4-17(11-16)24(25,26)27/h2-4,11-12,18-19,34H,5-10,13-14H2,1H3,(H,29,33)(H,30,32)/t18-,19?,23?/m1/s1. The maximum Gasteiger partial charge on any atom is 0.416 e. The molecule has 7 nitrogen and oxygen atoms in total. The fourth-order valence-corrected chi connectivity index (χ4v) is 5.81. The van der Waals surface area contributed by atoms with Crippen LogP contribution in [-0.2, 0) is 16.6 Å². The maximum absolute atomic E-state index is 12.8. The van der Waals surface area contributed by atoms with Gasteiger partial charge in [-0.2, -0.15) is 13.2 Å². The summed E-state index contributed by atoms with van der Waals surface area (Å²) >= 11 is 1.54. The van der Waals surface area contributed by atoms with E-state index in [1.807, 2.05) is 6.92 Å². The smallest absolute Gasteiger partial charge is 0.384 e. The molecule has 0 spiro atoms. The molecule has 2 amide bonds. The molecule has 1 saturated heterocycles. The van der Waals surface area contributed by atoms with Crippen molar-refractivity contribution in [3.05, 3.63) is 51.5 Å². The molecule has 3 N–H and O–H groups in total. The lowest BCUT2D eigenvalue weighted by Crippen LogP contribution is -2.45. The number of carbonyl (C=O) groups excluding carboxylic acids is 2. The van der Waals surface area contributed by atoms with Gasteiger partial charge in [0.1, 0.15) is 5.60 Å². The van der Waals surface area contributed by atoms with E-state index in [1.165, 1.54) is 17.4 Å². The van der Waals surface area contributed by atoms with Gasteiger partial charge in [-0.15, -0.1) is 11.3 Å². The number of hydrogen-bond donors (Lipinski definition) is 3. The second-order valence-electron chi connectivity index (χ2n) is 9.32. The minimum Gasteiger partial charge on any atom is -0.384 e. The predicted molar refractivity (Wildman–Crippen MR) is 125 cm³/mol. The van der Waals surface area contributed by atoms with Gasteiger partial charge in [0.05, 0.1) is 22.0 Å². The van der Waals surface area contributed by atoms with Crippen molar-refractivity contribution in [2.75, 3.05) is 19.6 Å². The molecule has 1 aliphatic heterocycles. The van der Waals surface area contributed by atoms with Crippen LogP contribution < -0.4 is 10.6 Å². The van der Waals surface area contributed by atoms with Gasteiger partial charge in [-0.3, -0.25) is 14.5 Å². The molecule has 0 unspecified atom stereocenters. The molecule has 1 atom stereocenters. The van der Waals surface area contributed by atoms with E-state index in [9.17, 15) is 27.9 Å². The van der Waals surface area contributed by atoms with Crippen molar-refractivity contribution in [3.8, 4) is 0 Å². The first-order valence-electron chi connectivity index (χ1n) is 11.7. The van der Waals surface area contributed by atoms with Gasteiger partial charge in [-0.05, 0) is 57.2 Å². The van der Waals surface area contributed by atoms with E-state index in [2.05, 4.69) is 20.5 Å². The quantitative estimate of drug-likeness (QED) is 0.555. The number of likely N-dealkylation sites (tertiary alicyclic amines) is 1. The number of halogens is 3. The first-order valence-corrected chi connectivity index (χ1v) is 12.5. The predicted octanol–water partition coefficient (Wildman–Crippen LogP) is 3.22. The maximum atomic E-state index is 12.8. The van der Waals surface area contributed by atoms with Crippen molar-refractivity contribution in [3.63, 3.8) is 0 Å². The number of alkyl halides is 3. The summed E-state index contributed by atoms with van der Waals surface area (Å²) in [5, 5.41) is 17.3. The van der Waals surface area contributed by atoms with Crippen molar-refractivity contribution >= 4 is 23.2 Å². The second kappa shape index (κ2) is 10.2. The second-order valence-corrected chi connectivity index (χ2v) is 10.6. The van der Waals surface area contributed by atoms with Crippen LogP contribution >= 0.6 is 11.3 Å². The van der Waals surface area contributed by atoms with E-state index in [1.54, 1.807) is 6.20 Å². The van der Waals surface area contributed by atoms with Crippen LogP contribution in [0.25, 0.3) is 0 Å². The number of rotatable bonds is 6. The molecule has 35 heavy (non-hydrogen) atoms. The summed E-state index contributed by atoms with van der Waals surface area (Å²) in [6.45, 7) is 3.15. The Morgan fingerprint density at radius 2 is 2.00 bits per heavy atom. The van der Waals surface area contributed by atoms with Crippen LogP contribution in [0.2, 0.25) is 0 Å². The first-order chi connectivity index (χ1) is 16.5. The Hall–Kier alpha value is -2.50. The summed E-state index contributed by atoms with van der Waals surface area (Å²) in [5.74, 6) is -1.11. The van der Waals surface area contributed by atoms with Crippen LogP contribution in [0.3, 0.4) is 0 Å². The molecule has 2 aliphatic rings. The lowest BCUT2D eigenvalue weighted by atomic mass is 9.81. The van der Waals surface area contributed by atoms with Gasteiger partial charge in [0.2, 0.25) is 5.91 Å². The molecule has 0 bridgehead atoms. The minimum absolute atomic E-state index is 0.0575. The molecule has 1 aromatic carbocycles. The largest absolute Gasteiger partial charge is 0.416 e. The molecule has 1 aromatic heterocycles. The summed E-state index contributed by atoms with van der Waals surface area (Å²) in [6.07, 6.45) is 1.08. The van der Waals surface area contributed by atoms with Gasteiger partial charge < -0.3 is 15.7 Å². The summed E-state index contributed by atoms with van der Waals surface area (Å²) in [7, 11) is 0. The Labute approximate surface area is 205 Å². The molecular formula is C24H29F3N4O3S. The van der Waals surface area contributed by atoms with Gasteiger partial charge in [0.25, 0.3) is 5.91 Å². The zero-order chi connectivity index (χ0) is 25.2. The number of nitrogens with zero attached hydrogens (tertiary/aromatic N) is 2. The molecule has 2 heterocycles. The van der Waals surface area contributed by atoms with Crippen LogP contribution in [0, 0.1) is 6.92 Å². The minimum atomic E-state index is -4.54. The fourth-order valence-electron chi connectivity index (χ4n) is 4.88. The number of nitrogens with one attached hydrogen (secondary N) is 2. The third-order valence-electron chi connectivity index (χ3n) is 6.82. The summed E-state index contributed by atoms with van der Waals surface area (Å²) < 4.78 is 38.5. The topological polar surface area (TPSA) is 94.6 Å². The van der Waals surface area contributed by atoms with Gasteiger partial charge in [-0.25, -0.2) is 4.98 Å². The third kappa shape index (κ3) is 6.20. The van der Waals surface area contributed by atoms with E-state index in [4.69, 9.17) is 0 Å². The Morgan fingerprint density at radius 1 is 1.26 bits per heavy atom. The molecule has 2 fully saturated rings. The molecule has 4 rings (SSSR count). The number of aliphatic hydroxyl groups is 1. The van der Waals surface area contributed by atoms with Gasteiger partial charge >= 0.3 is 6.18 Å². The van der Waals surface area contributed by atoms with Crippen LogP contribution in [0.4, 0.5) is 13.2 Å². The number of amides is 2. The van der Waals surface area contributed by atoms with Crippen molar-refractivity contribution in [1.82, 2.24) is 20.5 Å². The molecule has 1 aliphatic carbocycles. The van der Waals surface area contributed by atoms with Crippen molar-refractivity contribution in [1.29, 1.82) is 0 Å². The first kappa shape index (κ1) is 25.6. The highest BCUT2D eigenvalue weighted by Gasteiger charge is 2.39. The van der Waals surface area contributed by atoms with Crippen molar-refractivity contribution in [2.24, 2.45) is 0 Å². The average molecular weight is 511 g/mol. The molecule has 2 aromatic rings. The van der Waals surface area contributed by atoms with Crippen LogP contribution in [0.5, 0.6) is 0 Å². The van der Waals surface area contributed by atoms with Crippen molar-refractivity contribution in [2.45, 2.75) is 62.9 Å². The molecular weight excluding hydrogens is 481 g/mol. The molecule has 0 radical (unpaired) electrons. The zero-order valence-electron chi connectivity index (χ0n) is 19.4. The van der Waals surface area contributed by atoms with Crippen LogP contribution in [-0.4, -0.2) is 58.5 Å². The van der Waals surface area contributed by atoms with Crippen LogP contribution in [0.15, 0.2) is 30.5 Å². The normalized spacial score (nSPS) is 25.4. The number of aryl methyl sites for hydroxylation is 1. The van der Waals surface area contributed by atoms with Gasteiger partial charge in [0.15, 0.2) is 0 Å². The Morgan fingerprint density at radius 3 is 2.66 bits per heavy atom. The zero-order valence-corrected chi connectivity index (χ0v) is 20.2. The summed E-state index contributed by atoms with van der Waals surface area (Å²) in [6, 6.07) is 4.38. The Bertz CT molecular complexity index is 1070. The average Bonchev–Trinajstić information content (AvgIpc) is 3.47. The van der Waals surface area contributed by atoms with E-state index in [0.29, 0.717) is 25.4 Å². The molecule has 11 heteroatoms. The van der Waals surface area contributed by atoms with E-state index in [-0.39, 0.29) is 24.1 Å². The fraction of sp³-hybridized carbons (Fsp3) is 0.542. The van der Waals surface area contributed by atoms with Crippen molar-refractivity contribution < 1.29 is 27.9 Å². The highest BCUT2D eigenvalue weighted by Crippen LogP contribution is 2.41. The number of hydrogen-bond acceptors (Lipinski definition) is 6. The monoisotopic (exact) mass is 510 g/mol. The number of aromatic nitrogens is 1. The number of carbonyl (C=O) groups is 2. The molecule has 190 valence electrons. The lowest BCUT2D eigenvalue weighted by Gasteiger charge is -2.39. The summed E-state index contributed by atoms with van der Waals surface area (Å²) in [5.41, 5.74) is -1.87. The van der Waals surface area contributed by atoms with E-state index in [0.717, 1.165) is 53.9 Å². The summed E-state index contributed by atoms with van der Waals surface area (Å²) in [4.78, 5) is 32.0. The third-order valence-corrected chi connectivity index (χ3v) is 7.93. The van der Waals surface area contributed by atoms with E-state index < -0.39 is 23.2 Å². The van der Waals surface area contributed by atoms with E-state index >= 15 is 0 Å². The number of thiazole rings is 1. The Kier molecular flexibility index (Phi) is 7.48. The highest BCUT2D eigenvalue weighted by atomic mass is 32.1.